The third-order valence-electron chi connectivity index (χ3n) is 6.15. The second-order valence-corrected chi connectivity index (χ2v) is 8.67. The molecule has 196 valence electrons. The highest BCUT2D eigenvalue weighted by molar-refractivity contribution is 5.95. The predicted molar refractivity (Wildman–Crippen MR) is 146 cm³/mol. The number of rotatable bonds is 8. The monoisotopic (exact) mass is 498 g/mol. The van der Waals surface area contributed by atoms with E-state index in [1.807, 2.05) is 51.2 Å². The number of aromatic nitrogens is 1. The van der Waals surface area contributed by atoms with Crippen LogP contribution in [0, 0.1) is 11.7 Å². The van der Waals surface area contributed by atoms with Crippen molar-refractivity contribution in [1.82, 2.24) is 15.2 Å². The van der Waals surface area contributed by atoms with Gasteiger partial charge in [-0.25, -0.2) is 9.37 Å². The van der Waals surface area contributed by atoms with Crippen molar-refractivity contribution in [3.8, 4) is 22.8 Å². The molecule has 1 aliphatic heterocycles. The number of ether oxygens (including phenoxy) is 2. The normalized spacial score (nSPS) is 14.9. The summed E-state index contributed by atoms with van der Waals surface area (Å²) < 4.78 is 25.6. The van der Waals surface area contributed by atoms with Crippen LogP contribution in [0.2, 0.25) is 0 Å². The topological polar surface area (TPSA) is 66.9 Å². The Morgan fingerprint density at radius 1 is 1.22 bits per heavy atom. The Hall–Kier alpha value is -3.39. The molecule has 1 saturated heterocycles. The maximum absolute atomic E-state index is 14.6. The van der Waals surface area contributed by atoms with Gasteiger partial charge in [0.25, 0.3) is 0 Å². The van der Waals surface area contributed by atoms with Gasteiger partial charge in [-0.3, -0.25) is 4.79 Å². The zero-order valence-corrected chi connectivity index (χ0v) is 22.1. The Kier molecular flexibility index (Phi) is 9.47. The van der Waals surface area contributed by atoms with Crippen LogP contribution in [-0.2, 0) is 4.79 Å². The number of pyridine rings is 1. The first kappa shape index (κ1) is 27.2. The molecule has 0 bridgehead atoms. The number of likely N-dealkylation sites (N-methyl/N-ethyl adjacent to an activating group) is 1. The molecule has 0 aliphatic carbocycles. The molecular formula is C28H39FN4O3. The number of anilines is 1. The summed E-state index contributed by atoms with van der Waals surface area (Å²) in [6.45, 7) is 6.65. The fraction of sp³-hybridized carbons (Fsp3) is 0.429. The zero-order valence-electron chi connectivity index (χ0n) is 22.1. The SMILES string of the molecule is CC.CNCCOc1ccc(-c2cc(N3CCC(C(=O)N(C)C)C3)c3cc(F)c(OC)cc3n2)cc1.[HH]. The van der Waals surface area contributed by atoms with Crippen LogP contribution in [0.4, 0.5) is 10.1 Å². The third-order valence-corrected chi connectivity index (χ3v) is 6.15. The van der Waals surface area contributed by atoms with Crippen LogP contribution in [0.1, 0.15) is 21.7 Å². The number of halogens is 1. The Morgan fingerprint density at radius 2 is 1.94 bits per heavy atom. The van der Waals surface area contributed by atoms with Gasteiger partial charge in [0, 0.05) is 57.9 Å². The Bertz CT molecular complexity index is 1170. The summed E-state index contributed by atoms with van der Waals surface area (Å²) in [6.07, 6.45) is 0.757. The lowest BCUT2D eigenvalue weighted by Crippen LogP contribution is -2.31. The second kappa shape index (κ2) is 12.5. The van der Waals surface area contributed by atoms with E-state index in [4.69, 9.17) is 14.5 Å². The van der Waals surface area contributed by atoms with Crippen molar-refractivity contribution in [1.29, 1.82) is 0 Å². The van der Waals surface area contributed by atoms with E-state index in [0.717, 1.165) is 35.7 Å². The minimum atomic E-state index is -0.436. The van der Waals surface area contributed by atoms with Gasteiger partial charge in [-0.1, -0.05) is 13.8 Å². The van der Waals surface area contributed by atoms with Crippen molar-refractivity contribution in [2.75, 3.05) is 59.4 Å². The van der Waals surface area contributed by atoms with Crippen LogP contribution < -0.4 is 19.7 Å². The highest BCUT2D eigenvalue weighted by Crippen LogP contribution is 2.37. The Labute approximate surface area is 214 Å². The number of hydrogen-bond donors (Lipinski definition) is 1. The first-order chi connectivity index (χ1) is 17.4. The van der Waals surface area contributed by atoms with Crippen molar-refractivity contribution in [2.24, 2.45) is 5.92 Å². The summed E-state index contributed by atoms with van der Waals surface area (Å²) in [5.41, 5.74) is 3.19. The third kappa shape index (κ3) is 6.05. The number of carbonyl (C=O) groups excluding carboxylic acids is 1. The molecule has 0 radical (unpaired) electrons. The molecule has 1 aliphatic rings. The lowest BCUT2D eigenvalue weighted by atomic mass is 10.1. The molecule has 1 aromatic heterocycles. The van der Waals surface area contributed by atoms with Crippen LogP contribution in [0.3, 0.4) is 0 Å². The van der Waals surface area contributed by atoms with Crippen LogP contribution in [0.15, 0.2) is 42.5 Å². The van der Waals surface area contributed by atoms with E-state index < -0.39 is 5.82 Å². The molecule has 2 heterocycles. The fourth-order valence-corrected chi connectivity index (χ4v) is 4.31. The molecule has 7 nitrogen and oxygen atoms in total. The molecule has 1 amide bonds. The predicted octanol–water partition coefficient (Wildman–Crippen LogP) is 4.83. The molecule has 3 aromatic rings. The highest BCUT2D eigenvalue weighted by Gasteiger charge is 2.30. The zero-order chi connectivity index (χ0) is 26.2. The Balaban J connectivity index is 0.00000157. The van der Waals surface area contributed by atoms with Crippen LogP contribution in [0.25, 0.3) is 22.2 Å². The van der Waals surface area contributed by atoms with Gasteiger partial charge in [-0.05, 0) is 49.9 Å². The van der Waals surface area contributed by atoms with Crippen molar-refractivity contribution in [3.05, 3.63) is 48.3 Å². The first-order valence-corrected chi connectivity index (χ1v) is 12.4. The van der Waals surface area contributed by atoms with E-state index in [-0.39, 0.29) is 19.0 Å². The highest BCUT2D eigenvalue weighted by atomic mass is 19.1. The Morgan fingerprint density at radius 3 is 2.58 bits per heavy atom. The molecule has 1 N–H and O–H groups in total. The van der Waals surface area contributed by atoms with Crippen molar-refractivity contribution >= 4 is 22.5 Å². The standard InChI is InChI=1S/C26H31FN4O3.C2H6.H2/c1-28-10-12-34-19-7-5-17(6-8-19)22-14-24(31-11-9-18(16-31)26(32)30(2)3)20-13-21(27)25(33-4)15-23(20)29-22;1-2;/h5-8,13-15,18,28H,9-12,16H2,1-4H3;1-2H3;1H. The van der Waals surface area contributed by atoms with Gasteiger partial charge in [-0.15, -0.1) is 0 Å². The number of nitrogens with zero attached hydrogens (tertiary/aromatic N) is 3. The number of hydrogen-bond acceptors (Lipinski definition) is 6. The summed E-state index contributed by atoms with van der Waals surface area (Å²) in [4.78, 5) is 21.1. The van der Waals surface area contributed by atoms with Crippen molar-refractivity contribution < 1.29 is 20.1 Å². The van der Waals surface area contributed by atoms with Gasteiger partial charge < -0.3 is 24.6 Å². The van der Waals surface area contributed by atoms with Gasteiger partial charge in [0.15, 0.2) is 11.6 Å². The van der Waals surface area contributed by atoms with E-state index in [0.29, 0.717) is 30.6 Å². The molecule has 36 heavy (non-hydrogen) atoms. The summed E-state index contributed by atoms with van der Waals surface area (Å²) in [5, 5.41) is 3.76. The number of fused-ring (bicyclic) bond motifs is 1. The van der Waals surface area contributed by atoms with E-state index in [2.05, 4.69) is 10.2 Å². The smallest absolute Gasteiger partial charge is 0.227 e. The van der Waals surface area contributed by atoms with Gasteiger partial charge in [0.05, 0.1) is 24.2 Å². The van der Waals surface area contributed by atoms with E-state index in [9.17, 15) is 9.18 Å². The maximum atomic E-state index is 14.6. The lowest BCUT2D eigenvalue weighted by molar-refractivity contribution is -0.132. The first-order valence-electron chi connectivity index (χ1n) is 12.4. The molecule has 8 heteroatoms. The number of amides is 1. The summed E-state index contributed by atoms with van der Waals surface area (Å²) >= 11 is 0. The molecule has 1 fully saturated rings. The van der Waals surface area contributed by atoms with Crippen LogP contribution in [-0.4, -0.2) is 70.3 Å². The van der Waals surface area contributed by atoms with Crippen LogP contribution in [0.5, 0.6) is 11.5 Å². The average Bonchev–Trinajstić information content (AvgIpc) is 3.39. The van der Waals surface area contributed by atoms with Gasteiger partial charge in [0.1, 0.15) is 12.4 Å². The average molecular weight is 499 g/mol. The number of nitrogens with one attached hydrogen (secondary N) is 1. The fourth-order valence-electron chi connectivity index (χ4n) is 4.31. The number of carbonyl (C=O) groups is 1. The van der Waals surface area contributed by atoms with Gasteiger partial charge >= 0.3 is 0 Å². The molecular weight excluding hydrogens is 459 g/mol. The largest absolute Gasteiger partial charge is 0.494 e. The van der Waals surface area contributed by atoms with E-state index >= 15 is 0 Å². The van der Waals surface area contributed by atoms with E-state index in [1.165, 1.54) is 13.2 Å². The molecule has 4 rings (SSSR count). The van der Waals surface area contributed by atoms with Gasteiger partial charge in [-0.2, -0.15) is 0 Å². The quantitative estimate of drug-likeness (QED) is 0.449. The second-order valence-electron chi connectivity index (χ2n) is 8.67. The molecule has 1 atom stereocenters. The maximum Gasteiger partial charge on any atom is 0.227 e. The lowest BCUT2D eigenvalue weighted by Gasteiger charge is -2.23. The summed E-state index contributed by atoms with van der Waals surface area (Å²) in [6, 6.07) is 12.9. The van der Waals surface area contributed by atoms with Crippen LogP contribution >= 0.6 is 0 Å². The molecule has 0 spiro atoms. The van der Waals surface area contributed by atoms with Crippen molar-refractivity contribution in [2.45, 2.75) is 20.3 Å². The minimum absolute atomic E-state index is 0. The van der Waals surface area contributed by atoms with E-state index in [1.54, 1.807) is 25.1 Å². The molecule has 1 unspecified atom stereocenters. The summed E-state index contributed by atoms with van der Waals surface area (Å²) in [5.74, 6) is 0.530. The van der Waals surface area contributed by atoms with Crippen molar-refractivity contribution in [3.63, 3.8) is 0 Å². The molecule has 0 saturated carbocycles. The number of benzene rings is 2. The minimum Gasteiger partial charge on any atom is -0.494 e. The number of methoxy groups -OCH3 is 1. The summed E-state index contributed by atoms with van der Waals surface area (Å²) in [7, 11) is 6.88. The van der Waals surface area contributed by atoms with Gasteiger partial charge in [0.2, 0.25) is 5.91 Å². The molecule has 2 aromatic carbocycles.